The smallest absolute Gasteiger partial charge is 0.252 e. The van der Waals surface area contributed by atoms with Crippen molar-refractivity contribution in [1.29, 1.82) is 0 Å². The predicted octanol–water partition coefficient (Wildman–Crippen LogP) is 1.98. The zero-order valence-corrected chi connectivity index (χ0v) is 14.7. The van der Waals surface area contributed by atoms with Crippen molar-refractivity contribution in [1.82, 2.24) is 20.1 Å². The normalized spacial score (nSPS) is 27.7. The molecule has 1 amide bonds. The van der Waals surface area contributed by atoms with E-state index in [2.05, 4.69) is 20.1 Å². The fourth-order valence-corrected chi connectivity index (χ4v) is 4.22. The number of carbonyl (C=O) groups is 1. The molecule has 3 aliphatic heterocycles. The summed E-state index contributed by atoms with van der Waals surface area (Å²) in [5, 5.41) is 3.69. The highest BCUT2D eigenvalue weighted by Gasteiger charge is 2.32. The lowest BCUT2D eigenvalue weighted by atomic mass is 10.0. The lowest BCUT2D eigenvalue weighted by molar-refractivity contribution is 0.0138. The number of carbonyl (C=O) groups excluding carboxylic acids is 1. The lowest BCUT2D eigenvalue weighted by Crippen LogP contribution is -2.63. The number of halogens is 1. The van der Waals surface area contributed by atoms with Crippen LogP contribution in [0.2, 0.25) is 0 Å². The van der Waals surface area contributed by atoms with Gasteiger partial charge in [-0.05, 0) is 37.1 Å². The summed E-state index contributed by atoms with van der Waals surface area (Å²) in [5.41, 5.74) is 2.21. The molecular formula is C20H23FN4O. The quantitative estimate of drug-likeness (QED) is 0.912. The van der Waals surface area contributed by atoms with E-state index in [4.69, 9.17) is 0 Å². The largest absolute Gasteiger partial charge is 0.350 e. The van der Waals surface area contributed by atoms with Gasteiger partial charge in [-0.25, -0.2) is 4.39 Å². The number of amides is 1. The highest BCUT2D eigenvalue weighted by atomic mass is 19.1. The number of hydrogen-bond acceptors (Lipinski definition) is 4. The van der Waals surface area contributed by atoms with E-state index in [1.165, 1.54) is 12.1 Å². The van der Waals surface area contributed by atoms with Crippen molar-refractivity contribution in [2.45, 2.75) is 24.8 Å². The van der Waals surface area contributed by atoms with Crippen LogP contribution in [0.4, 0.5) is 4.39 Å². The minimum absolute atomic E-state index is 0.123. The summed E-state index contributed by atoms with van der Waals surface area (Å²) in [6.45, 7) is 6.06. The molecular weight excluding hydrogens is 331 g/mol. The van der Waals surface area contributed by atoms with E-state index in [1.54, 1.807) is 6.07 Å². The number of hydrogen-bond donors (Lipinski definition) is 1. The third kappa shape index (κ3) is 2.97. The van der Waals surface area contributed by atoms with E-state index < -0.39 is 0 Å². The van der Waals surface area contributed by atoms with Gasteiger partial charge in [0.1, 0.15) is 5.82 Å². The van der Waals surface area contributed by atoms with E-state index in [0.29, 0.717) is 35.0 Å². The average Bonchev–Trinajstić information content (AvgIpc) is 3.51. The summed E-state index contributed by atoms with van der Waals surface area (Å²) in [6, 6.07) is 6.74. The molecule has 1 aromatic heterocycles. The Balaban J connectivity index is 1.40. The molecule has 136 valence electrons. The van der Waals surface area contributed by atoms with Crippen LogP contribution < -0.4 is 5.32 Å². The second-order valence-corrected chi connectivity index (χ2v) is 7.73. The first kappa shape index (κ1) is 16.1. The molecule has 4 fully saturated rings. The van der Waals surface area contributed by atoms with Crippen molar-refractivity contribution in [3.63, 3.8) is 0 Å². The van der Waals surface area contributed by atoms with E-state index in [0.717, 1.165) is 51.3 Å². The number of pyridine rings is 1. The van der Waals surface area contributed by atoms with Gasteiger partial charge in [0, 0.05) is 62.3 Å². The fraction of sp³-hybridized carbons (Fsp3) is 0.500. The summed E-state index contributed by atoms with van der Waals surface area (Å²) in [5.74, 6) is -0.0115. The second-order valence-electron chi connectivity index (χ2n) is 7.73. The molecule has 0 unspecified atom stereocenters. The van der Waals surface area contributed by atoms with E-state index >= 15 is 0 Å². The SMILES string of the molecule is O=C(NC[C@@H]1CN2CCN1CC2)c1cc(C2CC2)nc2ccc(F)cc12. The second kappa shape index (κ2) is 6.28. The van der Waals surface area contributed by atoms with Gasteiger partial charge in [0.15, 0.2) is 0 Å². The minimum atomic E-state index is -0.337. The Kier molecular flexibility index (Phi) is 3.90. The molecule has 2 bridgehead atoms. The third-order valence-corrected chi connectivity index (χ3v) is 5.92. The molecule has 1 atom stereocenters. The standard InChI is InChI=1S/C20H23FN4O/c21-14-3-4-18-16(9-14)17(10-19(23-18)13-1-2-13)20(26)22-11-15-12-24-5-7-25(15)8-6-24/h3-4,9-10,13,15H,1-2,5-8,11-12H2,(H,22,26)/t15-/m1/s1. The molecule has 4 aliphatic rings. The Bertz CT molecular complexity index is 858. The number of nitrogens with zero attached hydrogens (tertiary/aromatic N) is 3. The Hall–Kier alpha value is -2.05. The van der Waals surface area contributed by atoms with Crippen LogP contribution in [0.25, 0.3) is 10.9 Å². The van der Waals surface area contributed by atoms with Gasteiger partial charge in [0.25, 0.3) is 5.91 Å². The molecule has 1 N–H and O–H groups in total. The fourth-order valence-electron chi connectivity index (χ4n) is 4.22. The molecule has 6 rings (SSSR count). The van der Waals surface area contributed by atoms with Crippen LogP contribution in [0.3, 0.4) is 0 Å². The van der Waals surface area contributed by atoms with E-state index in [9.17, 15) is 9.18 Å². The third-order valence-electron chi connectivity index (χ3n) is 5.92. The number of nitrogens with one attached hydrogen (secondary N) is 1. The average molecular weight is 354 g/mol. The number of piperazine rings is 3. The van der Waals surface area contributed by atoms with Crippen LogP contribution in [0.1, 0.15) is 34.8 Å². The highest BCUT2D eigenvalue weighted by molar-refractivity contribution is 6.06. The summed E-state index contributed by atoms with van der Waals surface area (Å²) >= 11 is 0. The molecule has 1 aromatic carbocycles. The van der Waals surface area contributed by atoms with Gasteiger partial charge in [0.2, 0.25) is 0 Å². The highest BCUT2D eigenvalue weighted by Crippen LogP contribution is 2.40. The molecule has 4 heterocycles. The molecule has 1 saturated carbocycles. The lowest BCUT2D eigenvalue weighted by Gasteiger charge is -2.47. The van der Waals surface area contributed by atoms with Crippen molar-refractivity contribution in [3.05, 3.63) is 41.3 Å². The van der Waals surface area contributed by atoms with Gasteiger partial charge >= 0.3 is 0 Å². The first-order chi connectivity index (χ1) is 12.7. The molecule has 0 radical (unpaired) electrons. The monoisotopic (exact) mass is 354 g/mol. The predicted molar refractivity (Wildman–Crippen MR) is 97.8 cm³/mol. The zero-order valence-electron chi connectivity index (χ0n) is 14.7. The van der Waals surface area contributed by atoms with E-state index in [1.807, 2.05) is 6.07 Å². The molecule has 26 heavy (non-hydrogen) atoms. The van der Waals surface area contributed by atoms with Crippen LogP contribution in [-0.2, 0) is 0 Å². The summed E-state index contributed by atoms with van der Waals surface area (Å²) < 4.78 is 13.8. The van der Waals surface area contributed by atoms with Crippen molar-refractivity contribution < 1.29 is 9.18 Å². The summed E-state index contributed by atoms with van der Waals surface area (Å²) in [4.78, 5) is 22.5. The molecule has 3 saturated heterocycles. The van der Waals surface area contributed by atoms with Gasteiger partial charge in [-0.15, -0.1) is 0 Å². The Morgan fingerprint density at radius 1 is 1.19 bits per heavy atom. The summed E-state index contributed by atoms with van der Waals surface area (Å²) in [6.07, 6.45) is 2.24. The van der Waals surface area contributed by atoms with Crippen LogP contribution in [0.5, 0.6) is 0 Å². The minimum Gasteiger partial charge on any atom is -0.350 e. The first-order valence-corrected chi connectivity index (χ1v) is 9.52. The van der Waals surface area contributed by atoms with Crippen molar-refractivity contribution in [3.8, 4) is 0 Å². The number of aromatic nitrogens is 1. The Labute approximate surface area is 152 Å². The Morgan fingerprint density at radius 3 is 2.69 bits per heavy atom. The van der Waals surface area contributed by atoms with Crippen molar-refractivity contribution in [2.75, 3.05) is 39.3 Å². The van der Waals surface area contributed by atoms with E-state index in [-0.39, 0.29) is 11.7 Å². The molecule has 6 heteroatoms. The van der Waals surface area contributed by atoms with Gasteiger partial charge in [-0.3, -0.25) is 19.6 Å². The van der Waals surface area contributed by atoms with Gasteiger partial charge in [-0.1, -0.05) is 0 Å². The zero-order chi connectivity index (χ0) is 17.7. The number of fused-ring (bicyclic) bond motifs is 4. The van der Waals surface area contributed by atoms with Crippen molar-refractivity contribution in [2.24, 2.45) is 0 Å². The van der Waals surface area contributed by atoms with Gasteiger partial charge in [0.05, 0.1) is 11.1 Å². The van der Waals surface area contributed by atoms with Crippen LogP contribution >= 0.6 is 0 Å². The Morgan fingerprint density at radius 2 is 2.00 bits per heavy atom. The first-order valence-electron chi connectivity index (χ1n) is 9.52. The van der Waals surface area contributed by atoms with Crippen LogP contribution in [0, 0.1) is 5.82 Å². The molecule has 0 spiro atoms. The summed E-state index contributed by atoms with van der Waals surface area (Å²) in [7, 11) is 0. The van der Waals surface area contributed by atoms with Crippen LogP contribution in [-0.4, -0.2) is 66.0 Å². The van der Waals surface area contributed by atoms with Gasteiger partial charge < -0.3 is 5.32 Å². The topological polar surface area (TPSA) is 48.5 Å². The molecule has 1 aliphatic carbocycles. The number of rotatable bonds is 4. The van der Waals surface area contributed by atoms with Crippen LogP contribution in [0.15, 0.2) is 24.3 Å². The molecule has 2 aromatic rings. The molecule has 5 nitrogen and oxygen atoms in total. The maximum absolute atomic E-state index is 13.8. The maximum Gasteiger partial charge on any atom is 0.252 e. The van der Waals surface area contributed by atoms with Crippen molar-refractivity contribution >= 4 is 16.8 Å². The van der Waals surface area contributed by atoms with Gasteiger partial charge in [-0.2, -0.15) is 0 Å². The maximum atomic E-state index is 13.8. The number of benzene rings is 1.